The molecule has 0 spiro atoms. The molecule has 0 unspecified atom stereocenters. The van der Waals surface area contributed by atoms with Crippen molar-refractivity contribution in [1.29, 1.82) is 5.26 Å². The summed E-state index contributed by atoms with van der Waals surface area (Å²) in [6, 6.07) is 1.82. The Balaban J connectivity index is 3.45. The summed E-state index contributed by atoms with van der Waals surface area (Å²) in [6.07, 6.45) is -1.37. The van der Waals surface area contributed by atoms with Gasteiger partial charge in [0.15, 0.2) is 0 Å². The highest BCUT2D eigenvalue weighted by molar-refractivity contribution is 9.10. The van der Waals surface area contributed by atoms with Crippen molar-refractivity contribution in [2.45, 2.75) is 11.8 Å². The maximum Gasteiger partial charge on any atom is 0.266 e. The molecule has 0 bridgehead atoms. The lowest BCUT2D eigenvalue weighted by Crippen LogP contribution is -1.99. The van der Waals surface area contributed by atoms with E-state index in [1.807, 2.05) is 6.07 Å². The van der Waals surface area contributed by atoms with Crippen LogP contribution < -0.4 is 0 Å². The van der Waals surface area contributed by atoms with Gasteiger partial charge in [-0.2, -0.15) is 5.26 Å². The maximum absolute atomic E-state index is 12.6. The van der Waals surface area contributed by atoms with Gasteiger partial charge in [-0.3, -0.25) is 0 Å². The van der Waals surface area contributed by atoms with Gasteiger partial charge in [-0.15, -0.1) is 0 Å². The molecule has 0 saturated carbocycles. The molecule has 2 nitrogen and oxygen atoms in total. The maximum atomic E-state index is 12.6. The lowest BCUT2D eigenvalue weighted by atomic mass is 10.1. The number of nitrogens with zero attached hydrogens (tertiary/aromatic N) is 2. The van der Waals surface area contributed by atoms with Gasteiger partial charge < -0.3 is 0 Å². The number of aromatic nitrogens is 1. The van der Waals surface area contributed by atoms with Crippen molar-refractivity contribution >= 4 is 31.9 Å². The van der Waals surface area contributed by atoms with Gasteiger partial charge in [-0.05, 0) is 21.5 Å². The normalized spacial score (nSPS) is 10.3. The van der Waals surface area contributed by atoms with E-state index in [1.165, 1.54) is 6.20 Å². The van der Waals surface area contributed by atoms with Gasteiger partial charge in [-0.1, -0.05) is 15.9 Å². The van der Waals surface area contributed by atoms with E-state index in [4.69, 9.17) is 5.26 Å². The molecule has 1 heterocycles. The molecule has 0 aliphatic rings. The van der Waals surface area contributed by atoms with Crippen LogP contribution in [-0.2, 0) is 5.33 Å². The van der Waals surface area contributed by atoms with Crippen LogP contribution >= 0.6 is 31.9 Å². The second-order valence-corrected chi connectivity index (χ2v) is 3.71. The van der Waals surface area contributed by atoms with Crippen molar-refractivity contribution in [3.63, 3.8) is 0 Å². The zero-order valence-electron chi connectivity index (χ0n) is 6.77. The highest BCUT2D eigenvalue weighted by Gasteiger charge is 2.20. The predicted octanol–water partition coefficient (Wildman–Crippen LogP) is 3.55. The average molecular weight is 326 g/mol. The number of pyridine rings is 1. The van der Waals surface area contributed by atoms with Crippen LogP contribution in [0.3, 0.4) is 0 Å². The number of alkyl halides is 3. The Morgan fingerprint density at radius 1 is 1.57 bits per heavy atom. The smallest absolute Gasteiger partial charge is 0.247 e. The molecule has 0 aromatic carbocycles. The van der Waals surface area contributed by atoms with Gasteiger partial charge in [0.25, 0.3) is 6.43 Å². The molecule has 0 N–H and O–H groups in total. The lowest BCUT2D eigenvalue weighted by Gasteiger charge is -2.09. The minimum atomic E-state index is -2.64. The third kappa shape index (κ3) is 2.10. The molecular formula is C8H4Br2F2N2. The van der Waals surface area contributed by atoms with Crippen LogP contribution in [0.25, 0.3) is 0 Å². The summed E-state index contributed by atoms with van der Waals surface area (Å²) in [5.41, 5.74) is 0.227. The fraction of sp³-hybridized carbons (Fsp3) is 0.250. The molecule has 74 valence electrons. The van der Waals surface area contributed by atoms with Crippen LogP contribution in [0.4, 0.5) is 8.78 Å². The van der Waals surface area contributed by atoms with Gasteiger partial charge in [0.05, 0.1) is 11.1 Å². The molecule has 0 saturated heterocycles. The van der Waals surface area contributed by atoms with E-state index in [0.717, 1.165) is 0 Å². The fourth-order valence-corrected chi connectivity index (χ4v) is 2.12. The largest absolute Gasteiger partial charge is 0.266 e. The molecule has 14 heavy (non-hydrogen) atoms. The average Bonchev–Trinajstić information content (AvgIpc) is 2.16. The van der Waals surface area contributed by atoms with E-state index in [1.54, 1.807) is 0 Å². The van der Waals surface area contributed by atoms with Crippen LogP contribution in [0.5, 0.6) is 0 Å². The minimum absolute atomic E-state index is 0.0842. The molecule has 0 aliphatic carbocycles. The van der Waals surface area contributed by atoms with E-state index in [2.05, 4.69) is 36.8 Å². The van der Waals surface area contributed by atoms with Crippen LogP contribution in [0, 0.1) is 11.3 Å². The van der Waals surface area contributed by atoms with Crippen molar-refractivity contribution in [1.82, 2.24) is 4.98 Å². The van der Waals surface area contributed by atoms with Crippen molar-refractivity contribution in [2.24, 2.45) is 0 Å². The van der Waals surface area contributed by atoms with Gasteiger partial charge in [0, 0.05) is 11.5 Å². The Morgan fingerprint density at radius 2 is 2.21 bits per heavy atom. The standard InChI is InChI=1S/C8H4Br2F2N2/c9-1-5-4(2-13)3-14-7(10)6(5)8(11)12/h3,8H,1H2. The highest BCUT2D eigenvalue weighted by Crippen LogP contribution is 2.31. The molecule has 0 aliphatic heterocycles. The van der Waals surface area contributed by atoms with Gasteiger partial charge in [0.2, 0.25) is 0 Å². The van der Waals surface area contributed by atoms with Gasteiger partial charge >= 0.3 is 0 Å². The quantitative estimate of drug-likeness (QED) is 0.616. The molecule has 1 rings (SSSR count). The van der Waals surface area contributed by atoms with E-state index >= 15 is 0 Å². The Hall–Kier alpha value is -0.540. The Labute approximate surface area is 96.2 Å². The first kappa shape index (κ1) is 11.5. The van der Waals surface area contributed by atoms with Crippen LogP contribution in [-0.4, -0.2) is 4.98 Å². The van der Waals surface area contributed by atoms with Crippen molar-refractivity contribution in [2.75, 3.05) is 0 Å². The molecule has 0 radical (unpaired) electrons. The van der Waals surface area contributed by atoms with Crippen LogP contribution in [0.1, 0.15) is 23.1 Å². The molecule has 6 heteroatoms. The van der Waals surface area contributed by atoms with E-state index in [9.17, 15) is 8.78 Å². The first-order chi connectivity index (χ1) is 6.61. The zero-order valence-corrected chi connectivity index (χ0v) is 9.94. The third-order valence-electron chi connectivity index (χ3n) is 1.65. The number of nitriles is 1. The molecule has 0 amide bonds. The Morgan fingerprint density at radius 3 is 2.64 bits per heavy atom. The molecule has 0 atom stereocenters. The Kier molecular flexibility index (Phi) is 3.96. The second-order valence-electron chi connectivity index (χ2n) is 2.40. The summed E-state index contributed by atoms with van der Waals surface area (Å²) in [7, 11) is 0. The SMILES string of the molecule is N#Cc1cnc(Br)c(C(F)F)c1CBr. The first-order valence-electron chi connectivity index (χ1n) is 3.53. The van der Waals surface area contributed by atoms with Crippen LogP contribution in [0.15, 0.2) is 10.8 Å². The summed E-state index contributed by atoms with van der Waals surface area (Å²) in [5, 5.41) is 8.88. The zero-order chi connectivity index (χ0) is 10.7. The summed E-state index contributed by atoms with van der Waals surface area (Å²) in [4.78, 5) is 3.67. The second kappa shape index (κ2) is 4.80. The topological polar surface area (TPSA) is 36.7 Å². The predicted molar refractivity (Wildman–Crippen MR) is 54.2 cm³/mol. The molecule has 0 fully saturated rings. The van der Waals surface area contributed by atoms with E-state index < -0.39 is 6.43 Å². The molecular weight excluding hydrogens is 322 g/mol. The first-order valence-corrected chi connectivity index (χ1v) is 5.44. The number of rotatable bonds is 2. The van der Waals surface area contributed by atoms with Gasteiger partial charge in [0.1, 0.15) is 10.7 Å². The summed E-state index contributed by atoms with van der Waals surface area (Å²) >= 11 is 6.00. The number of halogens is 4. The summed E-state index contributed by atoms with van der Waals surface area (Å²) in [5.74, 6) is 0. The minimum Gasteiger partial charge on any atom is -0.247 e. The summed E-state index contributed by atoms with van der Waals surface area (Å²) in [6.45, 7) is 0. The highest BCUT2D eigenvalue weighted by atomic mass is 79.9. The lowest BCUT2D eigenvalue weighted by molar-refractivity contribution is 0.149. The summed E-state index contributed by atoms with van der Waals surface area (Å²) < 4.78 is 25.3. The van der Waals surface area contributed by atoms with Crippen LogP contribution in [0.2, 0.25) is 0 Å². The molecule has 1 aromatic heterocycles. The number of hydrogen-bond acceptors (Lipinski definition) is 2. The number of hydrogen-bond donors (Lipinski definition) is 0. The Bertz CT molecular complexity index is 388. The van der Waals surface area contributed by atoms with Crippen molar-refractivity contribution in [3.8, 4) is 6.07 Å². The fourth-order valence-electron chi connectivity index (χ4n) is 1.00. The van der Waals surface area contributed by atoms with Gasteiger partial charge in [-0.25, -0.2) is 13.8 Å². The van der Waals surface area contributed by atoms with E-state index in [-0.39, 0.29) is 26.6 Å². The van der Waals surface area contributed by atoms with Crippen molar-refractivity contribution < 1.29 is 8.78 Å². The monoisotopic (exact) mass is 324 g/mol. The van der Waals surface area contributed by atoms with Crippen molar-refractivity contribution in [3.05, 3.63) is 27.5 Å². The molecule has 1 aromatic rings. The third-order valence-corrected chi connectivity index (χ3v) is 2.84. The van der Waals surface area contributed by atoms with E-state index in [0.29, 0.717) is 0 Å².